The Morgan fingerprint density at radius 2 is 1.86 bits per heavy atom. The molecule has 4 rings (SSSR count). The van der Waals surface area contributed by atoms with E-state index in [1.807, 2.05) is 32.0 Å². The molecule has 0 bridgehead atoms. The van der Waals surface area contributed by atoms with E-state index in [-0.39, 0.29) is 23.5 Å². The summed E-state index contributed by atoms with van der Waals surface area (Å²) in [4.78, 5) is 35.2. The summed E-state index contributed by atoms with van der Waals surface area (Å²) >= 11 is 0. The Morgan fingerprint density at radius 3 is 2.53 bits per heavy atom. The van der Waals surface area contributed by atoms with Gasteiger partial charge in [-0.1, -0.05) is 18.2 Å². The minimum atomic E-state index is -2.87. The molecular weight excluding hydrogens is 468 g/mol. The number of nitrogens with one attached hydrogen (secondary N) is 2. The third-order valence-electron chi connectivity index (χ3n) is 6.07. The zero-order valence-electron chi connectivity index (χ0n) is 20.0. The Kier molecular flexibility index (Phi) is 7.72. The van der Waals surface area contributed by atoms with Crippen LogP contribution in [0, 0.1) is 12.8 Å². The Bertz CT molecular complexity index is 1220. The number of ether oxygens (including phenoxy) is 1. The smallest absolute Gasteiger partial charge is 0.387 e. The molecule has 1 atom stereocenters. The highest BCUT2D eigenvalue weighted by molar-refractivity contribution is 5.95. The number of carbonyl (C=O) groups is 2. The highest BCUT2D eigenvalue weighted by atomic mass is 19.3. The fraction of sp³-hybridized carbons (Fsp3) is 0.308. The van der Waals surface area contributed by atoms with Crippen molar-refractivity contribution >= 4 is 29.1 Å². The van der Waals surface area contributed by atoms with Crippen LogP contribution in [0.5, 0.6) is 5.75 Å². The second-order valence-corrected chi connectivity index (χ2v) is 8.51. The van der Waals surface area contributed by atoms with Crippen molar-refractivity contribution in [2.45, 2.75) is 33.3 Å². The fourth-order valence-electron chi connectivity index (χ4n) is 4.00. The SMILES string of the molecule is CCN1C[C@@H](C(=O)Nc2cc(Nc3ncc(-c4ccc(OC(F)F)cc4)cn3)ccc2C)CCC1=O. The van der Waals surface area contributed by atoms with Crippen LogP contribution in [0.3, 0.4) is 0 Å². The van der Waals surface area contributed by atoms with Crippen molar-refractivity contribution in [3.63, 3.8) is 0 Å². The molecule has 1 saturated heterocycles. The number of alkyl halides is 2. The van der Waals surface area contributed by atoms with Crippen LogP contribution in [-0.2, 0) is 9.59 Å². The quantitative estimate of drug-likeness (QED) is 0.457. The van der Waals surface area contributed by atoms with Gasteiger partial charge in [0, 0.05) is 48.8 Å². The summed E-state index contributed by atoms with van der Waals surface area (Å²) < 4.78 is 29.0. The molecule has 8 nitrogen and oxygen atoms in total. The normalized spacial score (nSPS) is 15.6. The maximum Gasteiger partial charge on any atom is 0.387 e. The topological polar surface area (TPSA) is 96.5 Å². The van der Waals surface area contributed by atoms with Crippen LogP contribution >= 0.6 is 0 Å². The van der Waals surface area contributed by atoms with Crippen molar-refractivity contribution in [2.24, 2.45) is 5.92 Å². The molecular formula is C26H27F2N5O3. The van der Waals surface area contributed by atoms with E-state index in [0.717, 1.165) is 11.1 Å². The van der Waals surface area contributed by atoms with Gasteiger partial charge in [-0.2, -0.15) is 8.78 Å². The van der Waals surface area contributed by atoms with E-state index in [1.165, 1.54) is 12.1 Å². The number of piperidine rings is 1. The fourth-order valence-corrected chi connectivity index (χ4v) is 4.00. The molecule has 1 aliphatic heterocycles. The molecule has 0 spiro atoms. The molecule has 10 heteroatoms. The summed E-state index contributed by atoms with van der Waals surface area (Å²) in [6, 6.07) is 11.8. The van der Waals surface area contributed by atoms with E-state index < -0.39 is 6.61 Å². The van der Waals surface area contributed by atoms with Gasteiger partial charge in [0.2, 0.25) is 17.8 Å². The van der Waals surface area contributed by atoms with Crippen molar-refractivity contribution in [2.75, 3.05) is 23.7 Å². The number of carbonyl (C=O) groups excluding carboxylic acids is 2. The third kappa shape index (κ3) is 6.12. The number of rotatable bonds is 8. The molecule has 0 unspecified atom stereocenters. The van der Waals surface area contributed by atoms with Gasteiger partial charge in [0.25, 0.3) is 0 Å². The number of aromatic nitrogens is 2. The monoisotopic (exact) mass is 495 g/mol. The molecule has 1 aromatic heterocycles. The van der Waals surface area contributed by atoms with Crippen molar-refractivity contribution in [3.05, 3.63) is 60.4 Å². The standard InChI is InChI=1S/C26H27F2N5O3/c1-3-33-15-18(7-11-23(33)34)24(35)32-22-12-20(8-4-16(22)2)31-26-29-13-19(14-30-26)17-5-9-21(10-6-17)36-25(27)28/h4-6,8-10,12-14,18,25H,3,7,11,15H2,1-2H3,(H,32,35)(H,29,30,31)/t18-/m0/s1. The zero-order chi connectivity index (χ0) is 25.7. The third-order valence-corrected chi connectivity index (χ3v) is 6.07. The van der Waals surface area contributed by atoms with Gasteiger partial charge in [0.1, 0.15) is 5.75 Å². The molecule has 36 heavy (non-hydrogen) atoms. The van der Waals surface area contributed by atoms with Crippen LogP contribution in [0.25, 0.3) is 11.1 Å². The predicted octanol–water partition coefficient (Wildman–Crippen LogP) is 4.99. The second-order valence-electron chi connectivity index (χ2n) is 8.51. The molecule has 188 valence electrons. The molecule has 0 aliphatic carbocycles. The number of hydrogen-bond acceptors (Lipinski definition) is 6. The number of amides is 2. The average molecular weight is 496 g/mol. The number of anilines is 3. The van der Waals surface area contributed by atoms with E-state index in [4.69, 9.17) is 0 Å². The molecule has 2 aromatic carbocycles. The van der Waals surface area contributed by atoms with Crippen LogP contribution < -0.4 is 15.4 Å². The minimum absolute atomic E-state index is 0.0786. The van der Waals surface area contributed by atoms with E-state index in [0.29, 0.717) is 48.8 Å². The summed E-state index contributed by atoms with van der Waals surface area (Å²) in [7, 11) is 0. The van der Waals surface area contributed by atoms with Crippen molar-refractivity contribution in [1.29, 1.82) is 0 Å². The lowest BCUT2D eigenvalue weighted by Crippen LogP contribution is -2.43. The maximum atomic E-state index is 12.9. The Hall–Kier alpha value is -4.08. The maximum absolute atomic E-state index is 12.9. The summed E-state index contributed by atoms with van der Waals surface area (Å²) in [5.74, 6) is 0.182. The van der Waals surface area contributed by atoms with Crippen molar-refractivity contribution in [1.82, 2.24) is 14.9 Å². The number of halogens is 2. The Balaban J connectivity index is 1.40. The number of nitrogens with zero attached hydrogens (tertiary/aromatic N) is 3. The Morgan fingerprint density at radius 1 is 1.14 bits per heavy atom. The van der Waals surface area contributed by atoms with Gasteiger partial charge in [0.05, 0.1) is 5.92 Å². The largest absolute Gasteiger partial charge is 0.435 e. The lowest BCUT2D eigenvalue weighted by Gasteiger charge is -2.31. The first-order chi connectivity index (χ1) is 17.3. The van der Waals surface area contributed by atoms with Crippen LogP contribution in [0.4, 0.5) is 26.1 Å². The van der Waals surface area contributed by atoms with Gasteiger partial charge >= 0.3 is 6.61 Å². The van der Waals surface area contributed by atoms with E-state index in [1.54, 1.807) is 29.4 Å². The molecule has 0 saturated carbocycles. The highest BCUT2D eigenvalue weighted by Crippen LogP contribution is 2.26. The van der Waals surface area contributed by atoms with Gasteiger partial charge in [-0.3, -0.25) is 9.59 Å². The van der Waals surface area contributed by atoms with Gasteiger partial charge < -0.3 is 20.3 Å². The average Bonchev–Trinajstić information content (AvgIpc) is 2.87. The van der Waals surface area contributed by atoms with Gasteiger partial charge in [-0.05, 0) is 55.7 Å². The molecule has 1 fully saturated rings. The van der Waals surface area contributed by atoms with Gasteiger partial charge in [0.15, 0.2) is 0 Å². The van der Waals surface area contributed by atoms with Gasteiger partial charge in [-0.15, -0.1) is 0 Å². The van der Waals surface area contributed by atoms with E-state index in [2.05, 4.69) is 25.3 Å². The van der Waals surface area contributed by atoms with Crippen molar-refractivity contribution < 1.29 is 23.1 Å². The molecule has 2 N–H and O–H groups in total. The van der Waals surface area contributed by atoms with Crippen LogP contribution in [-0.4, -0.2) is 46.4 Å². The molecule has 0 radical (unpaired) electrons. The lowest BCUT2D eigenvalue weighted by atomic mass is 9.96. The number of hydrogen-bond donors (Lipinski definition) is 2. The van der Waals surface area contributed by atoms with Gasteiger partial charge in [-0.25, -0.2) is 9.97 Å². The molecule has 3 aromatic rings. The number of likely N-dealkylation sites (tertiary alicyclic amines) is 1. The van der Waals surface area contributed by atoms with Crippen molar-refractivity contribution in [3.8, 4) is 16.9 Å². The summed E-state index contributed by atoms with van der Waals surface area (Å²) in [5, 5.41) is 6.12. The first kappa shape index (κ1) is 25.0. The molecule has 1 aliphatic rings. The van der Waals surface area contributed by atoms with Crippen LogP contribution in [0.1, 0.15) is 25.3 Å². The van der Waals surface area contributed by atoms with E-state index >= 15 is 0 Å². The minimum Gasteiger partial charge on any atom is -0.435 e. The first-order valence-electron chi connectivity index (χ1n) is 11.7. The lowest BCUT2D eigenvalue weighted by molar-refractivity contribution is -0.136. The first-order valence-corrected chi connectivity index (χ1v) is 11.7. The molecule has 2 amide bonds. The predicted molar refractivity (Wildman–Crippen MR) is 132 cm³/mol. The zero-order valence-corrected chi connectivity index (χ0v) is 20.0. The van der Waals surface area contributed by atoms with E-state index in [9.17, 15) is 18.4 Å². The second kappa shape index (κ2) is 11.1. The summed E-state index contributed by atoms with van der Waals surface area (Å²) in [6.07, 6.45) is 4.17. The highest BCUT2D eigenvalue weighted by Gasteiger charge is 2.29. The summed E-state index contributed by atoms with van der Waals surface area (Å²) in [5.41, 5.74) is 3.75. The van der Waals surface area contributed by atoms with Crippen LogP contribution in [0.2, 0.25) is 0 Å². The number of benzene rings is 2. The number of aryl methyl sites for hydroxylation is 1. The Labute approximate surface area is 207 Å². The summed E-state index contributed by atoms with van der Waals surface area (Å²) in [6.45, 7) is 1.97. The molecule has 2 heterocycles. The van der Waals surface area contributed by atoms with Crippen LogP contribution in [0.15, 0.2) is 54.9 Å².